The van der Waals surface area contributed by atoms with E-state index < -0.39 is 5.60 Å². The van der Waals surface area contributed by atoms with Crippen molar-refractivity contribution >= 4 is 6.09 Å². The Kier molecular flexibility index (Phi) is 5.53. The van der Waals surface area contributed by atoms with Gasteiger partial charge in [-0.05, 0) is 58.9 Å². The van der Waals surface area contributed by atoms with E-state index in [0.29, 0.717) is 12.0 Å². The van der Waals surface area contributed by atoms with Gasteiger partial charge in [-0.15, -0.1) is 0 Å². The minimum Gasteiger partial charge on any atom is -0.444 e. The van der Waals surface area contributed by atoms with Crippen molar-refractivity contribution in [3.05, 3.63) is 0 Å². The lowest BCUT2D eigenvalue weighted by Crippen LogP contribution is -2.37. The van der Waals surface area contributed by atoms with Crippen molar-refractivity contribution in [3.8, 4) is 0 Å². The van der Waals surface area contributed by atoms with Crippen molar-refractivity contribution in [1.29, 1.82) is 0 Å². The smallest absolute Gasteiger partial charge is 0.410 e. The molecule has 0 spiro atoms. The molecular weight excluding hydrogens is 264 g/mol. The van der Waals surface area contributed by atoms with Crippen LogP contribution < -0.4 is 5.32 Å². The third kappa shape index (κ3) is 5.50. The minimum atomic E-state index is -0.398. The van der Waals surface area contributed by atoms with Gasteiger partial charge >= 0.3 is 6.09 Å². The van der Waals surface area contributed by atoms with Gasteiger partial charge in [-0.1, -0.05) is 19.3 Å². The molecule has 2 aliphatic rings. The molecule has 0 radical (unpaired) electrons. The van der Waals surface area contributed by atoms with Crippen LogP contribution in [-0.2, 0) is 4.74 Å². The highest BCUT2D eigenvalue weighted by Gasteiger charge is 2.30. The third-order valence-corrected chi connectivity index (χ3v) is 4.60. The quantitative estimate of drug-likeness (QED) is 0.845. The summed E-state index contributed by atoms with van der Waals surface area (Å²) in [4.78, 5) is 13.9. The van der Waals surface area contributed by atoms with Gasteiger partial charge in [-0.2, -0.15) is 0 Å². The first kappa shape index (κ1) is 16.6. The van der Waals surface area contributed by atoms with Gasteiger partial charge in [-0.25, -0.2) is 4.79 Å². The normalized spacial score (nSPS) is 24.8. The fraction of sp³-hybridized carbons (Fsp3) is 0.941. The first-order valence-electron chi connectivity index (χ1n) is 8.55. The predicted octanol–water partition coefficient (Wildman–Crippen LogP) is 3.41. The van der Waals surface area contributed by atoms with Crippen LogP contribution in [0.4, 0.5) is 4.79 Å². The van der Waals surface area contributed by atoms with Crippen molar-refractivity contribution < 1.29 is 9.53 Å². The molecule has 2 rings (SSSR count). The number of carbonyl (C=O) groups is 1. The van der Waals surface area contributed by atoms with Crippen LogP contribution in [0.5, 0.6) is 0 Å². The number of nitrogens with one attached hydrogen (secondary N) is 1. The fourth-order valence-corrected chi connectivity index (χ4v) is 3.17. The molecule has 21 heavy (non-hydrogen) atoms. The van der Waals surface area contributed by atoms with Gasteiger partial charge in [0.05, 0.1) is 0 Å². The van der Waals surface area contributed by atoms with Gasteiger partial charge in [0, 0.05) is 19.1 Å². The van der Waals surface area contributed by atoms with Crippen molar-refractivity contribution in [2.75, 3.05) is 19.6 Å². The maximum Gasteiger partial charge on any atom is 0.410 e. The van der Waals surface area contributed by atoms with Crippen molar-refractivity contribution in [3.63, 3.8) is 0 Å². The summed E-state index contributed by atoms with van der Waals surface area (Å²) >= 11 is 0. The zero-order valence-electron chi connectivity index (χ0n) is 14.2. The number of ether oxygens (including phenoxy) is 1. The molecule has 1 saturated carbocycles. The first-order valence-corrected chi connectivity index (χ1v) is 8.55. The summed E-state index contributed by atoms with van der Waals surface area (Å²) in [5.74, 6) is 1.52. The average Bonchev–Trinajstić information content (AvgIpc) is 2.78. The van der Waals surface area contributed by atoms with Crippen molar-refractivity contribution in [2.45, 2.75) is 71.4 Å². The zero-order chi connectivity index (χ0) is 15.5. The average molecular weight is 296 g/mol. The molecule has 0 aromatic carbocycles. The molecule has 1 N–H and O–H groups in total. The first-order chi connectivity index (χ1) is 9.83. The van der Waals surface area contributed by atoms with E-state index >= 15 is 0 Å². The maximum absolute atomic E-state index is 12.0. The van der Waals surface area contributed by atoms with Gasteiger partial charge in [0.2, 0.25) is 0 Å². The summed E-state index contributed by atoms with van der Waals surface area (Å²) in [7, 11) is 0. The number of hydrogen-bond donors (Lipinski definition) is 1. The Hall–Kier alpha value is -0.770. The van der Waals surface area contributed by atoms with Crippen molar-refractivity contribution in [2.24, 2.45) is 11.8 Å². The molecule has 1 amide bonds. The van der Waals surface area contributed by atoms with Crippen LogP contribution in [0.1, 0.15) is 59.8 Å². The van der Waals surface area contributed by atoms with Crippen LogP contribution in [-0.4, -0.2) is 42.3 Å². The van der Waals surface area contributed by atoms with Crippen LogP contribution >= 0.6 is 0 Å². The SMILES string of the molecule is CC(CC1CCC1)NCC1CCN(C(=O)OC(C)(C)C)C1. The topological polar surface area (TPSA) is 41.6 Å². The Morgan fingerprint density at radius 2 is 2.00 bits per heavy atom. The number of carbonyl (C=O) groups excluding carboxylic acids is 1. The molecule has 0 aromatic heterocycles. The third-order valence-electron chi connectivity index (χ3n) is 4.60. The molecule has 122 valence electrons. The van der Waals surface area contributed by atoms with Crippen LogP contribution in [0, 0.1) is 11.8 Å². The highest BCUT2D eigenvalue weighted by Crippen LogP contribution is 2.30. The fourth-order valence-electron chi connectivity index (χ4n) is 3.17. The monoisotopic (exact) mass is 296 g/mol. The van der Waals surface area contributed by atoms with Gasteiger partial charge < -0.3 is 15.0 Å². The highest BCUT2D eigenvalue weighted by molar-refractivity contribution is 5.68. The van der Waals surface area contributed by atoms with Gasteiger partial charge in [0.15, 0.2) is 0 Å². The lowest BCUT2D eigenvalue weighted by atomic mass is 9.81. The molecule has 1 aliphatic carbocycles. The summed E-state index contributed by atoms with van der Waals surface area (Å²) < 4.78 is 5.44. The molecule has 1 heterocycles. The molecule has 2 unspecified atom stereocenters. The van der Waals surface area contributed by atoms with Crippen LogP contribution in [0.3, 0.4) is 0 Å². The Labute approximate surface area is 129 Å². The zero-order valence-corrected chi connectivity index (χ0v) is 14.2. The van der Waals surface area contributed by atoms with E-state index in [2.05, 4.69) is 12.2 Å². The Morgan fingerprint density at radius 1 is 1.29 bits per heavy atom. The summed E-state index contributed by atoms with van der Waals surface area (Å²) in [5.41, 5.74) is -0.398. The molecular formula is C17H32N2O2. The molecule has 0 bridgehead atoms. The number of amides is 1. The second-order valence-corrected chi connectivity index (χ2v) is 7.92. The van der Waals surface area contributed by atoms with E-state index in [1.165, 1.54) is 25.7 Å². The Bertz CT molecular complexity index is 347. The number of rotatable bonds is 5. The molecule has 4 heteroatoms. The van der Waals surface area contributed by atoms with Crippen LogP contribution in [0.2, 0.25) is 0 Å². The van der Waals surface area contributed by atoms with Crippen LogP contribution in [0.25, 0.3) is 0 Å². The van der Waals surface area contributed by atoms with E-state index in [9.17, 15) is 4.79 Å². The number of likely N-dealkylation sites (tertiary alicyclic amines) is 1. The molecule has 1 aliphatic heterocycles. The molecule has 2 atom stereocenters. The van der Waals surface area contributed by atoms with E-state index in [4.69, 9.17) is 4.74 Å². The molecule has 1 saturated heterocycles. The van der Waals surface area contributed by atoms with Crippen molar-refractivity contribution in [1.82, 2.24) is 10.2 Å². The van der Waals surface area contributed by atoms with Crippen LogP contribution in [0.15, 0.2) is 0 Å². The lowest BCUT2D eigenvalue weighted by Gasteiger charge is -2.29. The Morgan fingerprint density at radius 3 is 2.57 bits per heavy atom. The maximum atomic E-state index is 12.0. The lowest BCUT2D eigenvalue weighted by molar-refractivity contribution is 0.0288. The highest BCUT2D eigenvalue weighted by atomic mass is 16.6. The molecule has 0 aromatic rings. The summed E-state index contributed by atoms with van der Waals surface area (Å²) in [6.07, 6.45) is 6.49. The van der Waals surface area contributed by atoms with Gasteiger partial charge in [0.25, 0.3) is 0 Å². The van der Waals surface area contributed by atoms with E-state index in [1.807, 2.05) is 25.7 Å². The Balaban J connectivity index is 1.64. The largest absolute Gasteiger partial charge is 0.444 e. The van der Waals surface area contributed by atoms with E-state index in [-0.39, 0.29) is 6.09 Å². The minimum absolute atomic E-state index is 0.160. The van der Waals surface area contributed by atoms with E-state index in [0.717, 1.165) is 32.0 Å². The van der Waals surface area contributed by atoms with E-state index in [1.54, 1.807) is 0 Å². The number of hydrogen-bond acceptors (Lipinski definition) is 3. The van der Waals surface area contributed by atoms with Gasteiger partial charge in [0.1, 0.15) is 5.60 Å². The summed E-state index contributed by atoms with van der Waals surface area (Å²) in [6, 6.07) is 0.603. The van der Waals surface area contributed by atoms with Gasteiger partial charge in [-0.3, -0.25) is 0 Å². The molecule has 4 nitrogen and oxygen atoms in total. The second kappa shape index (κ2) is 6.99. The summed E-state index contributed by atoms with van der Waals surface area (Å²) in [5, 5.41) is 3.65. The second-order valence-electron chi connectivity index (χ2n) is 7.92. The predicted molar refractivity (Wildman–Crippen MR) is 85.3 cm³/mol. The standard InChI is InChI=1S/C17H32N2O2/c1-13(10-14-6-5-7-14)18-11-15-8-9-19(12-15)16(20)21-17(2,3)4/h13-15,18H,5-12H2,1-4H3. The molecule has 2 fully saturated rings. The summed E-state index contributed by atoms with van der Waals surface area (Å²) in [6.45, 7) is 10.7. The number of nitrogens with zero attached hydrogens (tertiary/aromatic N) is 1.